The Morgan fingerprint density at radius 3 is 2.37 bits per heavy atom. The van der Waals surface area contributed by atoms with E-state index in [1.165, 1.54) is 11.3 Å². The van der Waals surface area contributed by atoms with Crippen LogP contribution in [0.3, 0.4) is 0 Å². The summed E-state index contributed by atoms with van der Waals surface area (Å²) >= 11 is 13.3. The minimum absolute atomic E-state index is 0.0410. The third kappa shape index (κ3) is 4.69. The number of alkyl halides is 1. The van der Waals surface area contributed by atoms with Crippen molar-refractivity contribution >= 4 is 52.1 Å². The van der Waals surface area contributed by atoms with Crippen molar-refractivity contribution in [3.63, 3.8) is 0 Å². The summed E-state index contributed by atoms with van der Waals surface area (Å²) in [4.78, 5) is 24.8. The number of hydrogen-bond donors (Lipinski definition) is 2. The van der Waals surface area contributed by atoms with Crippen molar-refractivity contribution in [2.75, 3.05) is 5.32 Å². The van der Waals surface area contributed by atoms with Crippen molar-refractivity contribution in [1.29, 1.82) is 0 Å². The van der Waals surface area contributed by atoms with Crippen molar-refractivity contribution in [3.05, 3.63) is 76.1 Å². The fourth-order valence-corrected chi connectivity index (χ4v) is 3.96. The summed E-state index contributed by atoms with van der Waals surface area (Å²) in [6.07, 6.45) is 0.352. The number of carboxylic acids is 1. The van der Waals surface area contributed by atoms with Crippen LogP contribution in [0.5, 0.6) is 0 Å². The molecule has 0 radical (unpaired) electrons. The highest BCUT2D eigenvalue weighted by atomic mass is 35.5. The number of carboxylic acid groups (broad SMARTS) is 1. The third-order valence-corrected chi connectivity index (χ3v) is 5.54. The van der Waals surface area contributed by atoms with E-state index >= 15 is 0 Å². The molecule has 2 N–H and O–H groups in total. The van der Waals surface area contributed by atoms with Crippen LogP contribution in [0.4, 0.5) is 5.69 Å². The number of benzene rings is 2. The second-order valence-corrected chi connectivity index (χ2v) is 7.65. The molecule has 0 saturated heterocycles. The molecule has 1 amide bonds. The molecule has 3 aromatic rings. The first-order chi connectivity index (χ1) is 13.0. The summed E-state index contributed by atoms with van der Waals surface area (Å²) in [6.45, 7) is 0. The molecule has 1 aromatic heterocycles. The molecule has 0 aliphatic carbocycles. The van der Waals surface area contributed by atoms with Crippen LogP contribution in [0.15, 0.2) is 60.0 Å². The number of nitrogens with one attached hydrogen (secondary N) is 1. The number of halogens is 2. The molecule has 138 valence electrons. The molecular weight excluding hydrogens is 405 g/mol. The van der Waals surface area contributed by atoms with Crippen LogP contribution in [0.25, 0.3) is 10.4 Å². The average Bonchev–Trinajstić information content (AvgIpc) is 3.07. The maximum atomic E-state index is 12.4. The monoisotopic (exact) mass is 419 g/mol. The van der Waals surface area contributed by atoms with E-state index in [-0.39, 0.29) is 11.3 Å². The summed E-state index contributed by atoms with van der Waals surface area (Å²) in [7, 11) is 0. The molecule has 0 saturated carbocycles. The second-order valence-electron chi connectivity index (χ2n) is 5.81. The summed E-state index contributed by atoms with van der Waals surface area (Å²) < 4.78 is 0. The molecular formula is C20H15Cl2NO3S. The van der Waals surface area contributed by atoms with Crippen molar-refractivity contribution in [2.24, 2.45) is 0 Å². The Morgan fingerprint density at radius 2 is 1.74 bits per heavy atom. The predicted octanol–water partition coefficient (Wildman–Crippen LogP) is 5.56. The molecule has 0 aliphatic heterocycles. The molecule has 0 aliphatic rings. The number of amides is 1. The number of anilines is 1. The number of carbonyl (C=O) groups excluding carboxylic acids is 1. The molecule has 3 rings (SSSR count). The van der Waals surface area contributed by atoms with E-state index in [9.17, 15) is 14.7 Å². The van der Waals surface area contributed by atoms with Crippen LogP contribution < -0.4 is 5.32 Å². The number of rotatable bonds is 6. The first-order valence-electron chi connectivity index (χ1n) is 8.05. The average molecular weight is 420 g/mol. The molecule has 7 heteroatoms. The van der Waals surface area contributed by atoms with E-state index in [2.05, 4.69) is 5.32 Å². The van der Waals surface area contributed by atoms with Gasteiger partial charge in [-0.1, -0.05) is 54.1 Å². The Morgan fingerprint density at radius 1 is 1.07 bits per heavy atom. The normalized spacial score (nSPS) is 11.8. The van der Waals surface area contributed by atoms with Gasteiger partial charge < -0.3 is 10.4 Å². The molecule has 0 fully saturated rings. The molecule has 1 heterocycles. The maximum absolute atomic E-state index is 12.4. The van der Waals surface area contributed by atoms with Gasteiger partial charge >= 0.3 is 5.97 Å². The first-order valence-corrected chi connectivity index (χ1v) is 9.74. The Balaban J connectivity index is 1.81. The predicted molar refractivity (Wildman–Crippen MR) is 110 cm³/mol. The van der Waals surface area contributed by atoms with Gasteiger partial charge in [-0.3, -0.25) is 4.79 Å². The zero-order valence-electron chi connectivity index (χ0n) is 14.0. The van der Waals surface area contributed by atoms with Gasteiger partial charge in [-0.05, 0) is 29.7 Å². The Labute approximate surface area is 170 Å². The quantitative estimate of drug-likeness (QED) is 0.514. The lowest BCUT2D eigenvalue weighted by atomic mass is 10.1. The van der Waals surface area contributed by atoms with Gasteiger partial charge in [0, 0.05) is 10.4 Å². The first kappa shape index (κ1) is 19.4. The highest BCUT2D eigenvalue weighted by Crippen LogP contribution is 2.36. The van der Waals surface area contributed by atoms with E-state index in [0.717, 1.165) is 5.56 Å². The fraction of sp³-hybridized carbons (Fsp3) is 0.100. The van der Waals surface area contributed by atoms with Gasteiger partial charge in [-0.2, -0.15) is 0 Å². The molecule has 1 unspecified atom stereocenters. The topological polar surface area (TPSA) is 66.4 Å². The molecule has 2 aromatic carbocycles. The lowest BCUT2D eigenvalue weighted by molar-refractivity contribution is -0.115. The third-order valence-electron chi connectivity index (χ3n) is 3.91. The zero-order valence-corrected chi connectivity index (χ0v) is 16.3. The maximum Gasteiger partial charge on any atom is 0.339 e. The molecule has 1 atom stereocenters. The lowest BCUT2D eigenvalue weighted by Gasteiger charge is -2.11. The van der Waals surface area contributed by atoms with E-state index in [1.54, 1.807) is 29.6 Å². The van der Waals surface area contributed by atoms with Crippen LogP contribution in [0, 0.1) is 0 Å². The van der Waals surface area contributed by atoms with Gasteiger partial charge in [-0.25, -0.2) is 4.79 Å². The number of thiophene rings is 1. The second kappa shape index (κ2) is 8.57. The van der Waals surface area contributed by atoms with Crippen molar-refractivity contribution < 1.29 is 14.7 Å². The summed E-state index contributed by atoms with van der Waals surface area (Å²) in [5.41, 5.74) is 1.92. The van der Waals surface area contributed by atoms with E-state index in [0.29, 0.717) is 21.9 Å². The SMILES string of the molecule is O=C(O)c1c(NC(=O)C(Cl)Cc2ccccc2)csc1-c1ccc(Cl)cc1. The van der Waals surface area contributed by atoms with Gasteiger partial charge in [0.05, 0.1) is 10.6 Å². The highest BCUT2D eigenvalue weighted by Gasteiger charge is 2.23. The Bertz CT molecular complexity index is 955. The van der Waals surface area contributed by atoms with Gasteiger partial charge in [0.2, 0.25) is 5.91 Å². The summed E-state index contributed by atoms with van der Waals surface area (Å²) in [5.74, 6) is -1.56. The highest BCUT2D eigenvalue weighted by molar-refractivity contribution is 7.14. The van der Waals surface area contributed by atoms with Gasteiger partial charge in [0.1, 0.15) is 10.9 Å². The molecule has 27 heavy (non-hydrogen) atoms. The van der Waals surface area contributed by atoms with Crippen LogP contribution in [-0.4, -0.2) is 22.4 Å². The number of carbonyl (C=O) groups is 2. The molecule has 4 nitrogen and oxygen atoms in total. The molecule has 0 bridgehead atoms. The summed E-state index contributed by atoms with van der Waals surface area (Å²) in [5, 5.41) is 13.6. The van der Waals surface area contributed by atoms with E-state index in [1.807, 2.05) is 30.3 Å². The molecule has 0 spiro atoms. The van der Waals surface area contributed by atoms with Crippen molar-refractivity contribution in [2.45, 2.75) is 11.8 Å². The number of hydrogen-bond acceptors (Lipinski definition) is 3. The van der Waals surface area contributed by atoms with Crippen LogP contribution in [-0.2, 0) is 11.2 Å². The Hall–Kier alpha value is -2.34. The van der Waals surface area contributed by atoms with Gasteiger partial charge in [0.15, 0.2) is 0 Å². The van der Waals surface area contributed by atoms with Crippen LogP contribution in [0.1, 0.15) is 15.9 Å². The zero-order chi connectivity index (χ0) is 19.4. The van der Waals surface area contributed by atoms with Crippen LogP contribution in [0.2, 0.25) is 5.02 Å². The standard InChI is InChI=1S/C20H15Cl2NO3S/c21-14-8-6-13(7-9-14)18-17(20(25)26)16(11-27-18)23-19(24)15(22)10-12-4-2-1-3-5-12/h1-9,11,15H,10H2,(H,23,24)(H,25,26). The fourth-order valence-electron chi connectivity index (χ4n) is 2.60. The van der Waals surface area contributed by atoms with Crippen molar-refractivity contribution in [1.82, 2.24) is 0 Å². The Kier molecular flexibility index (Phi) is 6.16. The van der Waals surface area contributed by atoms with E-state index in [4.69, 9.17) is 23.2 Å². The van der Waals surface area contributed by atoms with Gasteiger partial charge in [0.25, 0.3) is 0 Å². The number of aromatic carboxylic acids is 1. The largest absolute Gasteiger partial charge is 0.478 e. The van der Waals surface area contributed by atoms with Gasteiger partial charge in [-0.15, -0.1) is 22.9 Å². The summed E-state index contributed by atoms with van der Waals surface area (Å²) in [6, 6.07) is 16.3. The smallest absolute Gasteiger partial charge is 0.339 e. The minimum atomic E-state index is -1.12. The minimum Gasteiger partial charge on any atom is -0.478 e. The van der Waals surface area contributed by atoms with E-state index < -0.39 is 17.3 Å². The van der Waals surface area contributed by atoms with Crippen LogP contribution >= 0.6 is 34.5 Å². The lowest BCUT2D eigenvalue weighted by Crippen LogP contribution is -2.25. The van der Waals surface area contributed by atoms with Crippen molar-refractivity contribution in [3.8, 4) is 10.4 Å².